The highest BCUT2D eigenvalue weighted by Gasteiger charge is 2.22. The Hall–Kier alpha value is -1.72. The van der Waals surface area contributed by atoms with Crippen molar-refractivity contribution in [2.24, 2.45) is 5.73 Å². The van der Waals surface area contributed by atoms with Gasteiger partial charge >= 0.3 is 0 Å². The van der Waals surface area contributed by atoms with Gasteiger partial charge in [-0.05, 0) is 12.5 Å². The molecule has 4 nitrogen and oxygen atoms in total. The van der Waals surface area contributed by atoms with E-state index in [2.05, 4.69) is 55.3 Å². The van der Waals surface area contributed by atoms with Crippen LogP contribution in [0.25, 0.3) is 0 Å². The summed E-state index contributed by atoms with van der Waals surface area (Å²) in [5, 5.41) is 5.48. The van der Waals surface area contributed by atoms with Crippen molar-refractivity contribution < 1.29 is 4.79 Å². The van der Waals surface area contributed by atoms with Crippen LogP contribution in [0.3, 0.4) is 0 Å². The van der Waals surface area contributed by atoms with Gasteiger partial charge < -0.3 is 11.1 Å². The fraction of sp³-hybridized carbons (Fsp3) is 0.375. The summed E-state index contributed by atoms with van der Waals surface area (Å²) in [5.41, 5.74) is 8.26. The molecule has 5 heteroatoms. The van der Waals surface area contributed by atoms with Gasteiger partial charge in [0, 0.05) is 23.9 Å². The topological polar surface area (TPSA) is 68.0 Å². The Kier molecular flexibility index (Phi) is 4.75. The summed E-state index contributed by atoms with van der Waals surface area (Å²) in [5.74, 6) is -0.147. The molecule has 0 atom stereocenters. The summed E-state index contributed by atoms with van der Waals surface area (Å²) in [4.78, 5) is 16.3. The summed E-state index contributed by atoms with van der Waals surface area (Å²) < 4.78 is 0. The molecule has 1 heterocycles. The molecule has 21 heavy (non-hydrogen) atoms. The standard InChI is InChI=1S/C16H21N3OS/c1-11-4-6-12(7-5-11)16(2,3)10-18-15(20)13-9-21-14(8-17)19-13/h4-7,9H,8,10,17H2,1-3H3,(H,18,20). The van der Waals surface area contributed by atoms with Gasteiger partial charge in [-0.3, -0.25) is 4.79 Å². The molecule has 1 aromatic carbocycles. The van der Waals surface area contributed by atoms with E-state index in [1.54, 1.807) is 5.38 Å². The summed E-state index contributed by atoms with van der Waals surface area (Å²) in [6.45, 7) is 7.22. The molecule has 0 spiro atoms. The van der Waals surface area contributed by atoms with Crippen molar-refractivity contribution in [2.75, 3.05) is 6.54 Å². The highest BCUT2D eigenvalue weighted by molar-refractivity contribution is 7.09. The summed E-state index contributed by atoms with van der Waals surface area (Å²) >= 11 is 1.41. The Labute approximate surface area is 129 Å². The minimum atomic E-state index is -0.147. The van der Waals surface area contributed by atoms with Gasteiger partial charge in [-0.1, -0.05) is 43.7 Å². The van der Waals surface area contributed by atoms with Gasteiger partial charge in [0.1, 0.15) is 10.7 Å². The second-order valence-corrected chi connectivity index (χ2v) is 6.71. The van der Waals surface area contributed by atoms with Crippen molar-refractivity contribution >= 4 is 17.2 Å². The molecule has 0 fully saturated rings. The predicted molar refractivity (Wildman–Crippen MR) is 86.5 cm³/mol. The monoisotopic (exact) mass is 303 g/mol. The number of amides is 1. The van der Waals surface area contributed by atoms with Crippen LogP contribution in [-0.2, 0) is 12.0 Å². The molecule has 0 bridgehead atoms. The van der Waals surface area contributed by atoms with Crippen LogP contribution in [0.2, 0.25) is 0 Å². The lowest BCUT2D eigenvalue weighted by Gasteiger charge is -2.25. The van der Waals surface area contributed by atoms with E-state index < -0.39 is 0 Å². The molecule has 112 valence electrons. The molecular weight excluding hydrogens is 282 g/mol. The Morgan fingerprint density at radius 1 is 1.33 bits per heavy atom. The zero-order chi connectivity index (χ0) is 15.5. The van der Waals surface area contributed by atoms with E-state index in [0.29, 0.717) is 18.8 Å². The number of carbonyl (C=O) groups excluding carboxylic acids is 1. The number of nitrogens with two attached hydrogens (primary N) is 1. The van der Waals surface area contributed by atoms with Crippen molar-refractivity contribution in [2.45, 2.75) is 32.7 Å². The first kappa shape index (κ1) is 15.7. The van der Waals surface area contributed by atoms with Gasteiger partial charge in [0.2, 0.25) is 0 Å². The van der Waals surface area contributed by atoms with Crippen LogP contribution in [0.4, 0.5) is 0 Å². The fourth-order valence-electron chi connectivity index (χ4n) is 2.01. The van der Waals surface area contributed by atoms with Gasteiger partial charge in [0.15, 0.2) is 0 Å². The molecule has 0 aliphatic rings. The molecule has 0 radical (unpaired) electrons. The molecular formula is C16H21N3OS. The average molecular weight is 303 g/mol. The summed E-state index contributed by atoms with van der Waals surface area (Å²) in [6.07, 6.45) is 0. The van der Waals surface area contributed by atoms with Crippen LogP contribution in [0.1, 0.15) is 40.5 Å². The van der Waals surface area contributed by atoms with Crippen LogP contribution in [0, 0.1) is 6.92 Å². The first-order valence-electron chi connectivity index (χ1n) is 6.92. The lowest BCUT2D eigenvalue weighted by Crippen LogP contribution is -2.36. The minimum Gasteiger partial charge on any atom is -0.350 e. The number of aryl methyl sites for hydroxylation is 1. The second-order valence-electron chi connectivity index (χ2n) is 5.76. The van der Waals surface area contributed by atoms with Gasteiger partial charge in [-0.2, -0.15) is 0 Å². The molecule has 2 rings (SSSR count). The Bertz CT molecular complexity index is 617. The van der Waals surface area contributed by atoms with E-state index in [9.17, 15) is 4.79 Å². The Morgan fingerprint density at radius 2 is 2.00 bits per heavy atom. The van der Waals surface area contributed by atoms with E-state index in [1.165, 1.54) is 22.5 Å². The molecule has 2 aromatic rings. The van der Waals surface area contributed by atoms with Crippen molar-refractivity contribution in [3.8, 4) is 0 Å². The Morgan fingerprint density at radius 3 is 2.57 bits per heavy atom. The SMILES string of the molecule is Cc1ccc(C(C)(C)CNC(=O)c2csc(CN)n2)cc1. The fourth-order valence-corrected chi connectivity index (χ4v) is 2.66. The maximum absolute atomic E-state index is 12.1. The molecule has 0 aliphatic heterocycles. The number of hydrogen-bond donors (Lipinski definition) is 2. The molecule has 0 saturated heterocycles. The van der Waals surface area contributed by atoms with Gasteiger partial charge in [0.05, 0.1) is 0 Å². The summed E-state index contributed by atoms with van der Waals surface area (Å²) in [6, 6.07) is 8.40. The highest BCUT2D eigenvalue weighted by Crippen LogP contribution is 2.22. The number of thiazole rings is 1. The zero-order valence-electron chi connectivity index (χ0n) is 12.6. The second kappa shape index (κ2) is 6.37. The first-order valence-corrected chi connectivity index (χ1v) is 7.80. The van der Waals surface area contributed by atoms with Gasteiger partial charge in [-0.25, -0.2) is 4.98 Å². The molecule has 3 N–H and O–H groups in total. The molecule has 0 saturated carbocycles. The summed E-state index contributed by atoms with van der Waals surface area (Å²) in [7, 11) is 0. The average Bonchev–Trinajstić information content (AvgIpc) is 2.94. The van der Waals surface area contributed by atoms with Crippen molar-refractivity contribution in [1.29, 1.82) is 0 Å². The van der Waals surface area contributed by atoms with Gasteiger partial charge in [0.25, 0.3) is 5.91 Å². The maximum atomic E-state index is 12.1. The molecule has 0 unspecified atom stereocenters. The quantitative estimate of drug-likeness (QED) is 0.892. The molecule has 0 aliphatic carbocycles. The lowest BCUT2D eigenvalue weighted by molar-refractivity contribution is 0.0941. The third kappa shape index (κ3) is 3.89. The number of rotatable bonds is 5. The van der Waals surface area contributed by atoms with Crippen LogP contribution in [0.15, 0.2) is 29.6 Å². The lowest BCUT2D eigenvalue weighted by atomic mass is 9.84. The van der Waals surface area contributed by atoms with Crippen molar-refractivity contribution in [3.05, 3.63) is 51.5 Å². The van der Waals surface area contributed by atoms with Crippen LogP contribution in [0.5, 0.6) is 0 Å². The molecule has 1 amide bonds. The number of hydrogen-bond acceptors (Lipinski definition) is 4. The van der Waals surface area contributed by atoms with Crippen LogP contribution in [-0.4, -0.2) is 17.4 Å². The maximum Gasteiger partial charge on any atom is 0.270 e. The number of aromatic nitrogens is 1. The largest absolute Gasteiger partial charge is 0.350 e. The smallest absolute Gasteiger partial charge is 0.270 e. The first-order chi connectivity index (χ1) is 9.92. The minimum absolute atomic E-state index is 0.129. The third-order valence-electron chi connectivity index (χ3n) is 3.48. The van der Waals surface area contributed by atoms with Crippen LogP contribution < -0.4 is 11.1 Å². The van der Waals surface area contributed by atoms with E-state index >= 15 is 0 Å². The van der Waals surface area contributed by atoms with E-state index in [4.69, 9.17) is 5.73 Å². The molecule has 1 aromatic heterocycles. The van der Waals surface area contributed by atoms with Crippen molar-refractivity contribution in [1.82, 2.24) is 10.3 Å². The van der Waals surface area contributed by atoms with Crippen LogP contribution >= 0.6 is 11.3 Å². The third-order valence-corrected chi connectivity index (χ3v) is 4.35. The number of nitrogens with zero attached hydrogens (tertiary/aromatic N) is 1. The predicted octanol–water partition coefficient (Wildman–Crippen LogP) is 2.62. The highest BCUT2D eigenvalue weighted by atomic mass is 32.1. The Balaban J connectivity index is 2.00. The normalized spacial score (nSPS) is 11.4. The number of nitrogens with one attached hydrogen (secondary N) is 1. The van der Waals surface area contributed by atoms with Gasteiger partial charge in [-0.15, -0.1) is 11.3 Å². The number of benzene rings is 1. The van der Waals surface area contributed by atoms with E-state index in [1.807, 2.05) is 0 Å². The zero-order valence-corrected chi connectivity index (χ0v) is 13.5. The number of carbonyl (C=O) groups is 1. The van der Waals surface area contributed by atoms with Crippen molar-refractivity contribution in [3.63, 3.8) is 0 Å². The van der Waals surface area contributed by atoms with E-state index in [-0.39, 0.29) is 11.3 Å². The van der Waals surface area contributed by atoms with E-state index in [0.717, 1.165) is 5.01 Å².